The van der Waals surface area contributed by atoms with Crippen LogP contribution in [0.3, 0.4) is 0 Å². The third-order valence-electron chi connectivity index (χ3n) is 4.29. The molecule has 1 aliphatic heterocycles. The van der Waals surface area contributed by atoms with Gasteiger partial charge in [-0.2, -0.15) is 0 Å². The first-order valence-corrected chi connectivity index (χ1v) is 6.68. The average molecular weight is 251 g/mol. The lowest BCUT2D eigenvalue weighted by Gasteiger charge is -2.39. The average Bonchev–Trinajstić information content (AvgIpc) is 2.40. The second kappa shape index (κ2) is 5.22. The molecule has 0 saturated carbocycles. The molecule has 0 bridgehead atoms. The molecule has 0 atom stereocenters. The topological polar surface area (TPSA) is 42.2 Å². The number of hydrogen-bond acceptors (Lipinski definition) is 3. The van der Waals surface area contributed by atoms with E-state index in [4.69, 9.17) is 5.73 Å². The number of nitrogens with two attached hydrogens (primary N) is 1. The predicted molar refractivity (Wildman–Crippen MR) is 71.9 cm³/mol. The molecule has 1 aromatic rings. The van der Waals surface area contributed by atoms with Gasteiger partial charge in [0.2, 0.25) is 0 Å². The summed E-state index contributed by atoms with van der Waals surface area (Å²) in [5, 5.41) is 0. The molecule has 0 aromatic carbocycles. The first-order chi connectivity index (χ1) is 8.59. The van der Waals surface area contributed by atoms with Crippen molar-refractivity contribution >= 4 is 5.82 Å². The number of piperidine rings is 1. The molecule has 1 aromatic heterocycles. The van der Waals surface area contributed by atoms with E-state index in [-0.39, 0.29) is 12.4 Å². The molecule has 0 amide bonds. The highest BCUT2D eigenvalue weighted by atomic mass is 19.1. The van der Waals surface area contributed by atoms with E-state index in [1.165, 1.54) is 6.42 Å². The van der Waals surface area contributed by atoms with Crippen molar-refractivity contribution in [2.75, 3.05) is 18.0 Å². The zero-order valence-corrected chi connectivity index (χ0v) is 11.2. The summed E-state index contributed by atoms with van der Waals surface area (Å²) in [4.78, 5) is 6.23. The van der Waals surface area contributed by atoms with E-state index in [0.29, 0.717) is 16.8 Å². The lowest BCUT2D eigenvalue weighted by atomic mass is 9.78. The number of nitrogens with zero attached hydrogens (tertiary/aromatic N) is 2. The molecule has 1 saturated heterocycles. The third-order valence-corrected chi connectivity index (χ3v) is 4.29. The van der Waals surface area contributed by atoms with E-state index in [2.05, 4.69) is 18.8 Å². The number of aromatic nitrogens is 1. The van der Waals surface area contributed by atoms with Gasteiger partial charge in [-0.15, -0.1) is 0 Å². The van der Waals surface area contributed by atoms with Crippen LogP contribution in [-0.2, 0) is 6.54 Å². The first kappa shape index (κ1) is 13.3. The van der Waals surface area contributed by atoms with Crippen molar-refractivity contribution in [3.05, 3.63) is 23.6 Å². The maximum atomic E-state index is 14.1. The fourth-order valence-corrected chi connectivity index (χ4v) is 2.46. The van der Waals surface area contributed by atoms with Crippen LogP contribution in [0, 0.1) is 11.2 Å². The van der Waals surface area contributed by atoms with Crippen LogP contribution >= 0.6 is 0 Å². The maximum Gasteiger partial charge on any atom is 0.170 e. The molecule has 18 heavy (non-hydrogen) atoms. The Balaban J connectivity index is 2.15. The van der Waals surface area contributed by atoms with Crippen molar-refractivity contribution in [3.63, 3.8) is 0 Å². The molecule has 0 spiro atoms. The first-order valence-electron chi connectivity index (χ1n) is 6.68. The van der Waals surface area contributed by atoms with Gasteiger partial charge in [0.1, 0.15) is 0 Å². The Labute approximate surface area is 108 Å². The summed E-state index contributed by atoms with van der Waals surface area (Å²) in [5.74, 6) is 0.219. The Morgan fingerprint density at radius 2 is 2.11 bits per heavy atom. The van der Waals surface area contributed by atoms with Crippen LogP contribution < -0.4 is 10.6 Å². The van der Waals surface area contributed by atoms with Gasteiger partial charge in [-0.05, 0) is 24.3 Å². The maximum absolute atomic E-state index is 14.1. The van der Waals surface area contributed by atoms with Crippen molar-refractivity contribution in [2.24, 2.45) is 11.1 Å². The number of hydrogen-bond donors (Lipinski definition) is 1. The Morgan fingerprint density at radius 1 is 1.44 bits per heavy atom. The zero-order chi connectivity index (χ0) is 13.2. The Morgan fingerprint density at radius 3 is 2.67 bits per heavy atom. The molecule has 0 radical (unpaired) electrons. The SMILES string of the molecule is CCC1(C)CCN(c2nccc(CN)c2F)CC1. The molecular formula is C14H22FN3. The van der Waals surface area contributed by atoms with Crippen LogP contribution in [0.2, 0.25) is 0 Å². The van der Waals surface area contributed by atoms with E-state index in [1.807, 2.05) is 4.90 Å². The van der Waals surface area contributed by atoms with Crippen LogP contribution in [0.1, 0.15) is 38.7 Å². The van der Waals surface area contributed by atoms with Gasteiger partial charge in [-0.25, -0.2) is 9.37 Å². The quantitative estimate of drug-likeness (QED) is 0.898. The van der Waals surface area contributed by atoms with Crippen molar-refractivity contribution in [2.45, 2.75) is 39.7 Å². The minimum absolute atomic E-state index is 0.224. The molecule has 2 heterocycles. The summed E-state index contributed by atoms with van der Waals surface area (Å²) in [7, 11) is 0. The molecule has 1 fully saturated rings. The van der Waals surface area contributed by atoms with Crippen LogP contribution in [0.25, 0.3) is 0 Å². The second-order valence-corrected chi connectivity index (χ2v) is 5.46. The molecule has 3 nitrogen and oxygen atoms in total. The van der Waals surface area contributed by atoms with Gasteiger partial charge in [0, 0.05) is 31.4 Å². The van der Waals surface area contributed by atoms with Gasteiger partial charge in [0.25, 0.3) is 0 Å². The minimum Gasteiger partial charge on any atom is -0.354 e. The van der Waals surface area contributed by atoms with E-state index in [9.17, 15) is 4.39 Å². The van der Waals surface area contributed by atoms with Gasteiger partial charge in [0.15, 0.2) is 11.6 Å². The van der Waals surface area contributed by atoms with E-state index in [1.54, 1.807) is 12.3 Å². The summed E-state index contributed by atoms with van der Waals surface area (Å²) in [5.41, 5.74) is 6.47. The van der Waals surface area contributed by atoms with Crippen molar-refractivity contribution in [1.82, 2.24) is 4.98 Å². The summed E-state index contributed by atoms with van der Waals surface area (Å²) >= 11 is 0. The molecule has 0 unspecified atom stereocenters. The van der Waals surface area contributed by atoms with Crippen LogP contribution in [0.4, 0.5) is 10.2 Å². The second-order valence-electron chi connectivity index (χ2n) is 5.46. The largest absolute Gasteiger partial charge is 0.354 e. The standard InChI is InChI=1S/C14H22FN3/c1-3-14(2)5-8-18(9-6-14)13-12(15)11(10-16)4-7-17-13/h4,7H,3,5-6,8-10,16H2,1-2H3. The molecule has 0 aliphatic carbocycles. The summed E-state index contributed by atoms with van der Waals surface area (Å²) < 4.78 is 14.1. The highest BCUT2D eigenvalue weighted by Gasteiger charge is 2.29. The van der Waals surface area contributed by atoms with Crippen molar-refractivity contribution in [1.29, 1.82) is 0 Å². The molecule has 1 aliphatic rings. The number of rotatable bonds is 3. The smallest absolute Gasteiger partial charge is 0.170 e. The predicted octanol–water partition coefficient (Wildman–Crippen LogP) is 2.70. The Kier molecular flexibility index (Phi) is 3.85. The minimum atomic E-state index is -0.250. The van der Waals surface area contributed by atoms with Gasteiger partial charge in [0.05, 0.1) is 0 Å². The number of pyridine rings is 1. The summed E-state index contributed by atoms with van der Waals surface area (Å²) in [6.07, 6.45) is 5.02. The lowest BCUT2D eigenvalue weighted by Crippen LogP contribution is -2.39. The molecule has 4 heteroatoms. The third kappa shape index (κ3) is 2.48. The van der Waals surface area contributed by atoms with Gasteiger partial charge in [-0.1, -0.05) is 20.3 Å². The van der Waals surface area contributed by atoms with Gasteiger partial charge >= 0.3 is 0 Å². The highest BCUT2D eigenvalue weighted by molar-refractivity contribution is 5.43. The van der Waals surface area contributed by atoms with Crippen LogP contribution in [-0.4, -0.2) is 18.1 Å². The normalized spacial score (nSPS) is 19.0. The summed E-state index contributed by atoms with van der Waals surface area (Å²) in [6.45, 7) is 6.51. The molecule has 2 N–H and O–H groups in total. The lowest BCUT2D eigenvalue weighted by molar-refractivity contribution is 0.237. The van der Waals surface area contributed by atoms with E-state index >= 15 is 0 Å². The number of halogens is 1. The molecular weight excluding hydrogens is 229 g/mol. The Hall–Kier alpha value is -1.16. The summed E-state index contributed by atoms with van der Waals surface area (Å²) in [6, 6.07) is 1.65. The number of anilines is 1. The Bertz CT molecular complexity index is 412. The fourth-order valence-electron chi connectivity index (χ4n) is 2.46. The van der Waals surface area contributed by atoms with Gasteiger partial charge in [-0.3, -0.25) is 0 Å². The van der Waals surface area contributed by atoms with Gasteiger partial charge < -0.3 is 10.6 Å². The van der Waals surface area contributed by atoms with Crippen molar-refractivity contribution < 1.29 is 4.39 Å². The van der Waals surface area contributed by atoms with E-state index < -0.39 is 0 Å². The monoisotopic (exact) mass is 251 g/mol. The molecule has 2 rings (SSSR count). The van der Waals surface area contributed by atoms with Crippen LogP contribution in [0.15, 0.2) is 12.3 Å². The van der Waals surface area contributed by atoms with E-state index in [0.717, 1.165) is 25.9 Å². The highest BCUT2D eigenvalue weighted by Crippen LogP contribution is 2.35. The molecule has 100 valence electrons. The fraction of sp³-hybridized carbons (Fsp3) is 0.643. The zero-order valence-electron chi connectivity index (χ0n) is 11.2. The van der Waals surface area contributed by atoms with Crippen molar-refractivity contribution in [3.8, 4) is 0 Å². The van der Waals surface area contributed by atoms with Crippen LogP contribution in [0.5, 0.6) is 0 Å².